The monoisotopic (exact) mass is 272 g/mol. The van der Waals surface area contributed by atoms with Gasteiger partial charge in [0.25, 0.3) is 0 Å². The maximum atomic E-state index is 12.1. The second-order valence-corrected chi connectivity index (χ2v) is 5.40. The van der Waals surface area contributed by atoms with Crippen LogP contribution in [-0.2, 0) is 9.59 Å². The highest BCUT2D eigenvalue weighted by Crippen LogP contribution is 2.12. The lowest BCUT2D eigenvalue weighted by molar-refractivity contribution is -0.138. The Hall–Kier alpha value is -1.10. The fourth-order valence-electron chi connectivity index (χ4n) is 2.01. The van der Waals surface area contributed by atoms with Crippen molar-refractivity contribution in [1.82, 2.24) is 4.90 Å². The molecular formula is C14H28N2O3. The van der Waals surface area contributed by atoms with Gasteiger partial charge < -0.3 is 15.7 Å². The summed E-state index contributed by atoms with van der Waals surface area (Å²) < 4.78 is 0. The number of carboxylic acid groups (broad SMARTS) is 1. The van der Waals surface area contributed by atoms with Gasteiger partial charge in [-0.15, -0.1) is 0 Å². The summed E-state index contributed by atoms with van der Waals surface area (Å²) in [6, 6.07) is 0.117. The van der Waals surface area contributed by atoms with Crippen LogP contribution in [0.2, 0.25) is 0 Å². The van der Waals surface area contributed by atoms with Crippen LogP contribution in [0, 0.1) is 5.92 Å². The quantitative estimate of drug-likeness (QED) is 0.635. The number of nitrogens with two attached hydrogens (primary N) is 1. The maximum Gasteiger partial charge on any atom is 0.303 e. The molecule has 112 valence electrons. The van der Waals surface area contributed by atoms with Gasteiger partial charge in [0.1, 0.15) is 0 Å². The molecule has 0 spiro atoms. The van der Waals surface area contributed by atoms with E-state index in [9.17, 15) is 9.59 Å². The van der Waals surface area contributed by atoms with Crippen LogP contribution in [0.5, 0.6) is 0 Å². The van der Waals surface area contributed by atoms with Crippen molar-refractivity contribution in [2.45, 2.75) is 58.9 Å². The molecule has 0 heterocycles. The molecular weight excluding hydrogens is 244 g/mol. The van der Waals surface area contributed by atoms with Gasteiger partial charge in [-0.25, -0.2) is 0 Å². The van der Waals surface area contributed by atoms with Crippen LogP contribution in [-0.4, -0.2) is 41.0 Å². The number of amides is 1. The van der Waals surface area contributed by atoms with Crippen LogP contribution in [0.3, 0.4) is 0 Å². The average molecular weight is 272 g/mol. The molecule has 0 fully saturated rings. The van der Waals surface area contributed by atoms with Crippen molar-refractivity contribution in [2.24, 2.45) is 11.7 Å². The van der Waals surface area contributed by atoms with E-state index in [1.54, 1.807) is 4.90 Å². The van der Waals surface area contributed by atoms with Gasteiger partial charge in [-0.3, -0.25) is 9.59 Å². The first-order valence-corrected chi connectivity index (χ1v) is 7.09. The van der Waals surface area contributed by atoms with E-state index in [0.717, 1.165) is 12.8 Å². The van der Waals surface area contributed by atoms with Crippen molar-refractivity contribution >= 4 is 11.9 Å². The Bertz CT molecular complexity index is 280. The zero-order valence-corrected chi connectivity index (χ0v) is 12.4. The molecule has 0 saturated heterocycles. The van der Waals surface area contributed by atoms with Gasteiger partial charge in [-0.05, 0) is 45.6 Å². The summed E-state index contributed by atoms with van der Waals surface area (Å²) in [6.45, 7) is 7.20. The standard InChI is InChI=1S/C14H28N2O3/c1-11(2)16(10-4-5-14(18)19)13(17)7-6-12(3)8-9-15/h11-12H,4-10,15H2,1-3H3,(H,18,19). The number of nitrogens with zero attached hydrogens (tertiary/aromatic N) is 1. The highest BCUT2D eigenvalue weighted by molar-refractivity contribution is 5.76. The van der Waals surface area contributed by atoms with Crippen LogP contribution in [0.25, 0.3) is 0 Å². The third-order valence-electron chi connectivity index (χ3n) is 3.24. The van der Waals surface area contributed by atoms with Crippen molar-refractivity contribution in [3.05, 3.63) is 0 Å². The van der Waals surface area contributed by atoms with Gasteiger partial charge in [0, 0.05) is 25.4 Å². The lowest BCUT2D eigenvalue weighted by atomic mass is 10.0. The van der Waals surface area contributed by atoms with Crippen LogP contribution in [0.15, 0.2) is 0 Å². The molecule has 3 N–H and O–H groups in total. The number of hydrogen-bond acceptors (Lipinski definition) is 3. The van der Waals surface area contributed by atoms with E-state index in [0.29, 0.717) is 31.8 Å². The molecule has 0 aliphatic heterocycles. The SMILES string of the molecule is CC(CCN)CCC(=O)N(CCCC(=O)O)C(C)C. The van der Waals surface area contributed by atoms with Gasteiger partial charge in [-0.1, -0.05) is 6.92 Å². The summed E-state index contributed by atoms with van der Waals surface area (Å²) in [7, 11) is 0. The van der Waals surface area contributed by atoms with Crippen molar-refractivity contribution in [1.29, 1.82) is 0 Å². The number of hydrogen-bond donors (Lipinski definition) is 2. The molecule has 1 unspecified atom stereocenters. The van der Waals surface area contributed by atoms with Crippen molar-refractivity contribution < 1.29 is 14.7 Å². The molecule has 1 amide bonds. The lowest BCUT2D eigenvalue weighted by Crippen LogP contribution is -2.38. The number of carbonyl (C=O) groups excluding carboxylic acids is 1. The molecule has 5 heteroatoms. The second kappa shape index (κ2) is 9.78. The summed E-state index contributed by atoms with van der Waals surface area (Å²) >= 11 is 0. The van der Waals surface area contributed by atoms with Crippen molar-refractivity contribution in [3.63, 3.8) is 0 Å². The van der Waals surface area contributed by atoms with Crippen LogP contribution < -0.4 is 5.73 Å². The normalized spacial score (nSPS) is 12.5. The molecule has 0 aromatic carbocycles. The molecule has 5 nitrogen and oxygen atoms in total. The van der Waals surface area contributed by atoms with E-state index in [2.05, 4.69) is 6.92 Å². The third-order valence-corrected chi connectivity index (χ3v) is 3.24. The minimum Gasteiger partial charge on any atom is -0.481 e. The molecule has 0 bridgehead atoms. The Labute approximate surface area is 116 Å². The predicted molar refractivity (Wildman–Crippen MR) is 75.8 cm³/mol. The minimum absolute atomic E-state index is 0.111. The fraction of sp³-hybridized carbons (Fsp3) is 0.857. The first kappa shape index (κ1) is 17.9. The number of rotatable bonds is 10. The molecule has 0 radical (unpaired) electrons. The first-order valence-electron chi connectivity index (χ1n) is 7.09. The number of carboxylic acids is 1. The molecule has 0 saturated carbocycles. The lowest BCUT2D eigenvalue weighted by Gasteiger charge is -2.27. The minimum atomic E-state index is -0.812. The van der Waals surface area contributed by atoms with Crippen molar-refractivity contribution in [3.8, 4) is 0 Å². The largest absolute Gasteiger partial charge is 0.481 e. The fourth-order valence-corrected chi connectivity index (χ4v) is 2.01. The molecule has 0 rings (SSSR count). The molecule has 0 aliphatic carbocycles. The van der Waals surface area contributed by atoms with Crippen LogP contribution in [0.4, 0.5) is 0 Å². The first-order chi connectivity index (χ1) is 8.88. The Balaban J connectivity index is 4.14. The Morgan fingerprint density at radius 3 is 2.26 bits per heavy atom. The zero-order valence-electron chi connectivity index (χ0n) is 12.4. The van der Waals surface area contributed by atoms with Gasteiger partial charge in [-0.2, -0.15) is 0 Å². The topological polar surface area (TPSA) is 83.6 Å². The van der Waals surface area contributed by atoms with E-state index < -0.39 is 5.97 Å². The summed E-state index contributed by atoms with van der Waals surface area (Å²) in [4.78, 5) is 24.4. The summed E-state index contributed by atoms with van der Waals surface area (Å²) in [5.41, 5.74) is 5.49. The van der Waals surface area contributed by atoms with Gasteiger partial charge >= 0.3 is 5.97 Å². The number of aliphatic carboxylic acids is 1. The molecule has 1 atom stereocenters. The Kier molecular flexibility index (Phi) is 9.21. The third kappa shape index (κ3) is 8.59. The maximum absolute atomic E-state index is 12.1. The smallest absolute Gasteiger partial charge is 0.303 e. The van der Waals surface area contributed by atoms with E-state index in [-0.39, 0.29) is 18.4 Å². The Morgan fingerprint density at radius 1 is 1.16 bits per heavy atom. The molecule has 0 aromatic heterocycles. The summed E-state index contributed by atoms with van der Waals surface area (Å²) in [5.74, 6) is -0.237. The van der Waals surface area contributed by atoms with Gasteiger partial charge in [0.2, 0.25) is 5.91 Å². The Morgan fingerprint density at radius 2 is 1.79 bits per heavy atom. The highest BCUT2D eigenvalue weighted by atomic mass is 16.4. The predicted octanol–water partition coefficient (Wildman–Crippen LogP) is 1.85. The highest BCUT2D eigenvalue weighted by Gasteiger charge is 2.17. The van der Waals surface area contributed by atoms with E-state index >= 15 is 0 Å². The molecule has 0 aliphatic rings. The molecule has 19 heavy (non-hydrogen) atoms. The van der Waals surface area contributed by atoms with E-state index in [4.69, 9.17) is 10.8 Å². The van der Waals surface area contributed by atoms with Crippen LogP contribution in [0.1, 0.15) is 52.9 Å². The summed E-state index contributed by atoms with van der Waals surface area (Å²) in [5, 5.41) is 8.62. The van der Waals surface area contributed by atoms with Gasteiger partial charge in [0.05, 0.1) is 0 Å². The van der Waals surface area contributed by atoms with Crippen molar-refractivity contribution in [2.75, 3.05) is 13.1 Å². The van der Waals surface area contributed by atoms with Crippen LogP contribution >= 0.6 is 0 Å². The van der Waals surface area contributed by atoms with Gasteiger partial charge in [0.15, 0.2) is 0 Å². The average Bonchev–Trinajstić information content (AvgIpc) is 2.31. The second-order valence-electron chi connectivity index (χ2n) is 5.40. The van der Waals surface area contributed by atoms with E-state index in [1.165, 1.54) is 0 Å². The number of carbonyl (C=O) groups is 2. The molecule has 0 aromatic rings. The zero-order chi connectivity index (χ0) is 14.8. The van der Waals surface area contributed by atoms with E-state index in [1.807, 2.05) is 13.8 Å². The summed E-state index contributed by atoms with van der Waals surface area (Å²) in [6.07, 6.45) is 2.93.